The van der Waals surface area contributed by atoms with E-state index in [-0.39, 0.29) is 24.0 Å². The third kappa shape index (κ3) is 2.15. The summed E-state index contributed by atoms with van der Waals surface area (Å²) < 4.78 is 0. The van der Waals surface area contributed by atoms with E-state index in [9.17, 15) is 10.0 Å². The number of hydrogen-bond acceptors (Lipinski definition) is 4. The highest BCUT2D eigenvalue weighted by Gasteiger charge is 2.12. The van der Waals surface area contributed by atoms with Crippen LogP contribution in [-0.2, 0) is 0 Å². The van der Waals surface area contributed by atoms with Crippen LogP contribution in [0, 0.1) is 4.91 Å². The summed E-state index contributed by atoms with van der Waals surface area (Å²) in [5.74, 6) is -0.202. The van der Waals surface area contributed by atoms with Gasteiger partial charge in [-0.15, -0.1) is 17.3 Å². The Morgan fingerprint density at radius 1 is 1.11 bits per heavy atom. The SMILES string of the molecule is Cl.O=Nc1c(O)[nH]c2ccc(-c3ccncc3)cc12. The largest absolute Gasteiger partial charge is 0.493 e. The fourth-order valence-corrected chi connectivity index (χ4v) is 1.98. The standard InChI is InChI=1S/C13H9N3O2.ClH/c17-13-12(16-18)10-7-9(1-2-11(10)15-13)8-3-5-14-6-4-8;/h1-7,15,17H;1H. The molecule has 0 aliphatic rings. The monoisotopic (exact) mass is 275 g/mol. The average molecular weight is 276 g/mol. The van der Waals surface area contributed by atoms with Gasteiger partial charge in [-0.3, -0.25) is 4.98 Å². The van der Waals surface area contributed by atoms with Gasteiger partial charge in [0.2, 0.25) is 5.88 Å². The molecule has 5 nitrogen and oxygen atoms in total. The molecule has 2 N–H and O–H groups in total. The number of fused-ring (bicyclic) bond motifs is 1. The van der Waals surface area contributed by atoms with Gasteiger partial charge in [0.25, 0.3) is 0 Å². The molecule has 19 heavy (non-hydrogen) atoms. The Bertz CT molecular complexity index is 725. The minimum atomic E-state index is -0.202. The molecular formula is C13H10ClN3O2. The number of nitroso groups, excluding NO2 is 1. The fraction of sp³-hybridized carbons (Fsp3) is 0. The van der Waals surface area contributed by atoms with Crippen molar-refractivity contribution in [1.82, 2.24) is 9.97 Å². The van der Waals surface area contributed by atoms with Crippen molar-refractivity contribution < 1.29 is 5.11 Å². The zero-order chi connectivity index (χ0) is 12.5. The first-order valence-electron chi connectivity index (χ1n) is 5.38. The van der Waals surface area contributed by atoms with Crippen LogP contribution in [0.3, 0.4) is 0 Å². The van der Waals surface area contributed by atoms with Gasteiger partial charge in [0.15, 0.2) is 5.69 Å². The van der Waals surface area contributed by atoms with Gasteiger partial charge in [-0.1, -0.05) is 6.07 Å². The van der Waals surface area contributed by atoms with E-state index in [1.807, 2.05) is 24.3 Å². The van der Waals surface area contributed by atoms with E-state index in [1.54, 1.807) is 18.5 Å². The maximum atomic E-state index is 10.7. The Balaban J connectivity index is 0.00000133. The molecule has 2 aromatic heterocycles. The van der Waals surface area contributed by atoms with Crippen molar-refractivity contribution in [3.63, 3.8) is 0 Å². The summed E-state index contributed by atoms with van der Waals surface area (Å²) in [5, 5.41) is 13.0. The maximum absolute atomic E-state index is 10.7. The summed E-state index contributed by atoms with van der Waals surface area (Å²) in [7, 11) is 0. The first-order valence-corrected chi connectivity index (χ1v) is 5.38. The Morgan fingerprint density at radius 2 is 1.84 bits per heavy atom. The lowest BCUT2D eigenvalue weighted by Gasteiger charge is -2.00. The predicted octanol–water partition coefficient (Wildman–Crippen LogP) is 3.76. The summed E-state index contributed by atoms with van der Waals surface area (Å²) >= 11 is 0. The lowest BCUT2D eigenvalue weighted by Crippen LogP contribution is -1.78. The number of aromatic amines is 1. The van der Waals surface area contributed by atoms with Crippen molar-refractivity contribution in [1.29, 1.82) is 0 Å². The number of rotatable bonds is 2. The molecular weight excluding hydrogens is 266 g/mol. The summed E-state index contributed by atoms with van der Waals surface area (Å²) in [6.45, 7) is 0. The number of hydrogen-bond donors (Lipinski definition) is 2. The highest BCUT2D eigenvalue weighted by Crippen LogP contribution is 2.37. The van der Waals surface area contributed by atoms with E-state index in [1.165, 1.54) is 0 Å². The molecule has 0 saturated heterocycles. The van der Waals surface area contributed by atoms with Gasteiger partial charge < -0.3 is 10.1 Å². The van der Waals surface area contributed by atoms with E-state index >= 15 is 0 Å². The van der Waals surface area contributed by atoms with Gasteiger partial charge in [-0.05, 0) is 40.6 Å². The number of benzene rings is 1. The summed E-state index contributed by atoms with van der Waals surface area (Å²) in [4.78, 5) is 17.4. The predicted molar refractivity (Wildman–Crippen MR) is 75.9 cm³/mol. The van der Waals surface area contributed by atoms with Gasteiger partial charge in [-0.2, -0.15) is 0 Å². The van der Waals surface area contributed by atoms with Crippen LogP contribution in [0.15, 0.2) is 47.9 Å². The smallest absolute Gasteiger partial charge is 0.219 e. The second-order valence-electron chi connectivity index (χ2n) is 3.91. The third-order valence-electron chi connectivity index (χ3n) is 2.86. The van der Waals surface area contributed by atoms with E-state index in [4.69, 9.17) is 0 Å². The molecule has 0 aliphatic heterocycles. The molecule has 2 heterocycles. The molecule has 0 unspecified atom stereocenters. The van der Waals surface area contributed by atoms with Gasteiger partial charge in [0, 0.05) is 17.8 Å². The normalized spacial score (nSPS) is 10.1. The van der Waals surface area contributed by atoms with Gasteiger partial charge in [0.05, 0.1) is 5.52 Å². The molecule has 0 spiro atoms. The van der Waals surface area contributed by atoms with Crippen molar-refractivity contribution in [3.8, 4) is 17.0 Å². The van der Waals surface area contributed by atoms with Crippen molar-refractivity contribution in [3.05, 3.63) is 47.6 Å². The highest BCUT2D eigenvalue weighted by atomic mass is 35.5. The Morgan fingerprint density at radius 3 is 2.53 bits per heavy atom. The topological polar surface area (TPSA) is 78.3 Å². The Labute approximate surface area is 114 Å². The van der Waals surface area contributed by atoms with Crippen molar-refractivity contribution in [2.45, 2.75) is 0 Å². The number of aromatic hydroxyl groups is 1. The van der Waals surface area contributed by atoms with E-state index < -0.39 is 0 Å². The van der Waals surface area contributed by atoms with Gasteiger partial charge in [-0.25, -0.2) is 0 Å². The number of H-pyrrole nitrogens is 1. The van der Waals surface area contributed by atoms with Gasteiger partial charge in [0.1, 0.15) is 0 Å². The molecule has 0 bridgehead atoms. The lowest BCUT2D eigenvalue weighted by atomic mass is 10.1. The minimum Gasteiger partial charge on any atom is -0.493 e. The second kappa shape index (κ2) is 5.07. The van der Waals surface area contributed by atoms with Crippen molar-refractivity contribution in [2.24, 2.45) is 5.18 Å². The molecule has 3 rings (SSSR count). The summed E-state index contributed by atoms with van der Waals surface area (Å²) in [6, 6.07) is 9.28. The minimum absolute atomic E-state index is 0. The van der Waals surface area contributed by atoms with E-state index in [0.717, 1.165) is 11.1 Å². The first-order chi connectivity index (χ1) is 8.79. The quantitative estimate of drug-likeness (QED) is 0.699. The average Bonchev–Trinajstić information content (AvgIpc) is 2.74. The number of pyridine rings is 1. The maximum Gasteiger partial charge on any atom is 0.219 e. The molecule has 96 valence electrons. The highest BCUT2D eigenvalue weighted by molar-refractivity contribution is 5.96. The molecule has 0 fully saturated rings. The fourth-order valence-electron chi connectivity index (χ4n) is 1.98. The molecule has 0 aliphatic carbocycles. The number of aromatic nitrogens is 2. The van der Waals surface area contributed by atoms with E-state index in [2.05, 4.69) is 15.1 Å². The van der Waals surface area contributed by atoms with E-state index in [0.29, 0.717) is 10.9 Å². The molecule has 0 radical (unpaired) electrons. The van der Waals surface area contributed by atoms with Crippen LogP contribution >= 0.6 is 12.4 Å². The van der Waals surface area contributed by atoms with Crippen LogP contribution in [0.5, 0.6) is 5.88 Å². The molecule has 0 atom stereocenters. The Kier molecular flexibility index (Phi) is 3.48. The number of halogens is 1. The van der Waals surface area contributed by atoms with Crippen LogP contribution in [0.25, 0.3) is 22.0 Å². The van der Waals surface area contributed by atoms with Crippen molar-refractivity contribution in [2.75, 3.05) is 0 Å². The van der Waals surface area contributed by atoms with Crippen LogP contribution in [0.4, 0.5) is 5.69 Å². The molecule has 3 aromatic rings. The zero-order valence-electron chi connectivity index (χ0n) is 9.70. The first kappa shape index (κ1) is 13.0. The van der Waals surface area contributed by atoms with Crippen LogP contribution in [0.1, 0.15) is 0 Å². The number of nitrogens with one attached hydrogen (secondary N) is 1. The van der Waals surface area contributed by atoms with Crippen LogP contribution in [0.2, 0.25) is 0 Å². The second-order valence-corrected chi connectivity index (χ2v) is 3.91. The Hall–Kier alpha value is -2.40. The van der Waals surface area contributed by atoms with Crippen LogP contribution < -0.4 is 0 Å². The van der Waals surface area contributed by atoms with Crippen LogP contribution in [-0.4, -0.2) is 15.1 Å². The molecule has 6 heteroatoms. The van der Waals surface area contributed by atoms with Gasteiger partial charge >= 0.3 is 0 Å². The molecule has 1 aromatic carbocycles. The number of nitrogens with zero attached hydrogens (tertiary/aromatic N) is 2. The van der Waals surface area contributed by atoms with Crippen molar-refractivity contribution >= 4 is 29.0 Å². The molecule has 0 amide bonds. The lowest BCUT2D eigenvalue weighted by molar-refractivity contribution is 0.460. The third-order valence-corrected chi connectivity index (χ3v) is 2.86. The summed E-state index contributed by atoms with van der Waals surface area (Å²) in [6.07, 6.45) is 3.40. The zero-order valence-corrected chi connectivity index (χ0v) is 10.5. The summed E-state index contributed by atoms with van der Waals surface area (Å²) in [5.41, 5.74) is 2.65. The molecule has 0 saturated carbocycles.